The quantitative estimate of drug-likeness (QED) is 0.453. The second kappa shape index (κ2) is 12.0. The van der Waals surface area contributed by atoms with Gasteiger partial charge in [-0.3, -0.25) is 9.59 Å². The molecule has 1 amide bonds. The predicted molar refractivity (Wildman–Crippen MR) is 113 cm³/mol. The van der Waals surface area contributed by atoms with Crippen LogP contribution in [0.15, 0.2) is 24.3 Å². The Kier molecular flexibility index (Phi) is 9.65. The molecule has 0 aliphatic heterocycles. The van der Waals surface area contributed by atoms with Gasteiger partial charge in [0.15, 0.2) is 5.78 Å². The third-order valence-electron chi connectivity index (χ3n) is 5.41. The van der Waals surface area contributed by atoms with Crippen molar-refractivity contribution in [3.63, 3.8) is 0 Å². The molecule has 0 saturated heterocycles. The molecule has 0 heterocycles. The molecule has 28 heavy (non-hydrogen) atoms. The third-order valence-corrected chi connectivity index (χ3v) is 5.41. The molecule has 158 valence electrons. The van der Waals surface area contributed by atoms with Crippen LogP contribution in [0.25, 0.3) is 0 Å². The molecule has 1 fully saturated rings. The topological polar surface area (TPSA) is 64.6 Å². The number of amides is 1. The highest BCUT2D eigenvalue weighted by Gasteiger charge is 2.27. The fraction of sp³-hybridized carbons (Fsp3) is 0.652. The number of Topliss-reactive ketones (excluding diaryl/α,β-unsaturated/α-hetero) is 1. The second-order valence-corrected chi connectivity index (χ2v) is 7.79. The Bertz CT molecular complexity index is 610. The average molecular weight is 392 g/mol. The van der Waals surface area contributed by atoms with E-state index < -0.39 is 0 Å². The molecule has 0 atom stereocenters. The zero-order valence-corrected chi connectivity index (χ0v) is 17.5. The first-order valence-electron chi connectivity index (χ1n) is 10.6. The van der Waals surface area contributed by atoms with Crippen molar-refractivity contribution in [3.05, 3.63) is 35.4 Å². The van der Waals surface area contributed by atoms with E-state index in [1.807, 2.05) is 32.9 Å². The highest BCUT2D eigenvalue weighted by Crippen LogP contribution is 2.36. The number of ether oxygens (including phenoxy) is 2. The minimum Gasteiger partial charge on any atom is -0.379 e. The van der Waals surface area contributed by atoms with Crippen LogP contribution in [0.4, 0.5) is 0 Å². The van der Waals surface area contributed by atoms with Crippen molar-refractivity contribution in [1.82, 2.24) is 5.32 Å². The molecular formula is C23H37NO4. The molecule has 0 bridgehead atoms. The molecule has 0 unspecified atom stereocenters. The first-order chi connectivity index (χ1) is 13.5. The normalized spacial score (nSPS) is 19.6. The van der Waals surface area contributed by atoms with Crippen LogP contribution in [0.5, 0.6) is 0 Å². The number of ketones is 1. The Balaban J connectivity index is 0.00000420. The highest BCUT2D eigenvalue weighted by molar-refractivity contribution is 5.97. The summed E-state index contributed by atoms with van der Waals surface area (Å²) in [5.74, 6) is 0.934. The fourth-order valence-electron chi connectivity index (χ4n) is 3.70. The zero-order valence-electron chi connectivity index (χ0n) is 17.5. The number of carbonyl (C=O) groups is 2. The summed E-state index contributed by atoms with van der Waals surface area (Å²) in [5.41, 5.74) is 2.07. The van der Waals surface area contributed by atoms with Gasteiger partial charge in [-0.15, -0.1) is 0 Å². The number of rotatable bonds is 11. The molecule has 0 radical (unpaired) electrons. The lowest BCUT2D eigenvalue weighted by Crippen LogP contribution is -2.35. The molecule has 1 aliphatic carbocycles. The molecule has 2 rings (SSSR count). The smallest absolute Gasteiger partial charge is 0.223 e. The van der Waals surface area contributed by atoms with E-state index in [0.717, 1.165) is 31.2 Å². The lowest BCUT2D eigenvalue weighted by molar-refractivity contribution is -0.126. The summed E-state index contributed by atoms with van der Waals surface area (Å²) in [5, 5.41) is 2.99. The van der Waals surface area contributed by atoms with E-state index in [1.54, 1.807) is 0 Å². The van der Waals surface area contributed by atoms with Gasteiger partial charge in [0, 0.05) is 32.0 Å². The van der Waals surface area contributed by atoms with Gasteiger partial charge < -0.3 is 14.8 Å². The van der Waals surface area contributed by atoms with Crippen molar-refractivity contribution in [2.24, 2.45) is 11.8 Å². The third kappa shape index (κ3) is 7.02. The van der Waals surface area contributed by atoms with Gasteiger partial charge in [-0.1, -0.05) is 38.1 Å². The summed E-state index contributed by atoms with van der Waals surface area (Å²) >= 11 is 0. The Morgan fingerprint density at radius 2 is 1.68 bits per heavy atom. The molecular weight excluding hydrogens is 354 g/mol. The summed E-state index contributed by atoms with van der Waals surface area (Å²) in [6.07, 6.45) is 3.85. The van der Waals surface area contributed by atoms with Crippen molar-refractivity contribution in [1.29, 1.82) is 0 Å². The molecule has 1 N–H and O–H groups in total. The van der Waals surface area contributed by atoms with Crippen LogP contribution in [-0.2, 0) is 14.3 Å². The first kappa shape index (κ1) is 22.6. The van der Waals surface area contributed by atoms with Gasteiger partial charge in [0.2, 0.25) is 5.91 Å². The van der Waals surface area contributed by atoms with E-state index in [0.29, 0.717) is 38.9 Å². The number of benzene rings is 1. The van der Waals surface area contributed by atoms with E-state index >= 15 is 0 Å². The molecule has 5 nitrogen and oxygen atoms in total. The molecule has 0 spiro atoms. The largest absolute Gasteiger partial charge is 0.379 e. The Morgan fingerprint density at radius 3 is 2.29 bits per heavy atom. The standard InChI is InChI=1S/C23H35NO4.H2/c1-4-27-15-16-28-14-13-24-23(26)21-11-7-19(8-12-21)18-5-9-20(10-6-18)22(25)17(2)3;/h5-6,9-10,17,19,21H,4,7-8,11-16H2,1-3H3,(H,24,26);1H. The fourth-order valence-corrected chi connectivity index (χ4v) is 3.70. The molecule has 1 aromatic carbocycles. The van der Waals surface area contributed by atoms with Gasteiger partial charge in [0.1, 0.15) is 0 Å². The molecule has 1 aromatic rings. The Labute approximate surface area is 170 Å². The van der Waals surface area contributed by atoms with Gasteiger partial charge in [0.05, 0.1) is 19.8 Å². The summed E-state index contributed by atoms with van der Waals surface area (Å²) in [6, 6.07) is 8.06. The molecule has 5 heteroatoms. The summed E-state index contributed by atoms with van der Waals surface area (Å²) in [4.78, 5) is 24.4. The van der Waals surface area contributed by atoms with E-state index in [-0.39, 0.29) is 25.0 Å². The summed E-state index contributed by atoms with van der Waals surface area (Å²) < 4.78 is 10.6. The number of carbonyl (C=O) groups excluding carboxylic acids is 2. The highest BCUT2D eigenvalue weighted by atomic mass is 16.5. The van der Waals surface area contributed by atoms with Gasteiger partial charge in [0.25, 0.3) is 0 Å². The minimum absolute atomic E-state index is 0. The van der Waals surface area contributed by atoms with E-state index in [4.69, 9.17) is 9.47 Å². The second-order valence-electron chi connectivity index (χ2n) is 7.79. The monoisotopic (exact) mass is 391 g/mol. The van der Waals surface area contributed by atoms with E-state index in [9.17, 15) is 9.59 Å². The lowest BCUT2D eigenvalue weighted by Gasteiger charge is -2.28. The van der Waals surface area contributed by atoms with Gasteiger partial charge in [-0.05, 0) is 44.1 Å². The first-order valence-corrected chi connectivity index (χ1v) is 10.6. The lowest BCUT2D eigenvalue weighted by atomic mass is 9.78. The van der Waals surface area contributed by atoms with Crippen LogP contribution in [0.1, 0.15) is 69.7 Å². The van der Waals surface area contributed by atoms with Gasteiger partial charge in [-0.2, -0.15) is 0 Å². The van der Waals surface area contributed by atoms with Crippen LogP contribution in [-0.4, -0.2) is 44.7 Å². The number of nitrogens with one attached hydrogen (secondary N) is 1. The van der Waals surface area contributed by atoms with Crippen LogP contribution < -0.4 is 5.32 Å². The minimum atomic E-state index is 0. The summed E-state index contributed by atoms with van der Waals surface area (Å²) in [7, 11) is 0. The predicted octanol–water partition coefficient (Wildman–Crippen LogP) is 4.21. The maximum absolute atomic E-state index is 12.3. The zero-order chi connectivity index (χ0) is 20.4. The number of hydrogen-bond donors (Lipinski definition) is 1. The Morgan fingerprint density at radius 1 is 1.04 bits per heavy atom. The van der Waals surface area contributed by atoms with Crippen LogP contribution in [0.2, 0.25) is 0 Å². The maximum Gasteiger partial charge on any atom is 0.223 e. The summed E-state index contributed by atoms with van der Waals surface area (Å²) in [6.45, 7) is 8.75. The maximum atomic E-state index is 12.3. The Hall–Kier alpha value is -1.72. The van der Waals surface area contributed by atoms with Crippen LogP contribution in [0, 0.1) is 11.8 Å². The average Bonchev–Trinajstić information content (AvgIpc) is 2.72. The number of hydrogen-bond acceptors (Lipinski definition) is 4. The molecule has 1 aliphatic rings. The van der Waals surface area contributed by atoms with E-state index in [2.05, 4.69) is 17.4 Å². The van der Waals surface area contributed by atoms with Crippen molar-refractivity contribution >= 4 is 11.7 Å². The molecule has 0 aromatic heterocycles. The van der Waals surface area contributed by atoms with Crippen molar-refractivity contribution < 1.29 is 20.5 Å². The van der Waals surface area contributed by atoms with Gasteiger partial charge in [-0.25, -0.2) is 0 Å². The van der Waals surface area contributed by atoms with Crippen LogP contribution in [0.3, 0.4) is 0 Å². The van der Waals surface area contributed by atoms with Gasteiger partial charge >= 0.3 is 0 Å². The molecule has 1 saturated carbocycles. The SMILES string of the molecule is CCOCCOCCNC(=O)C1CCC(c2ccc(C(=O)C(C)C)cc2)CC1.[HH]. The van der Waals surface area contributed by atoms with Crippen molar-refractivity contribution in [2.75, 3.05) is 33.0 Å². The van der Waals surface area contributed by atoms with Crippen LogP contribution >= 0.6 is 0 Å². The van der Waals surface area contributed by atoms with Crippen molar-refractivity contribution in [3.8, 4) is 0 Å². The van der Waals surface area contributed by atoms with E-state index in [1.165, 1.54) is 5.56 Å². The van der Waals surface area contributed by atoms with Crippen molar-refractivity contribution in [2.45, 2.75) is 52.4 Å².